The highest BCUT2D eigenvalue weighted by Crippen LogP contribution is 2.16. The molecule has 1 aromatic rings. The van der Waals surface area contributed by atoms with E-state index in [2.05, 4.69) is 5.32 Å². The minimum atomic E-state index is -0.577. The number of esters is 1. The van der Waals surface area contributed by atoms with Crippen molar-refractivity contribution in [3.05, 3.63) is 34.9 Å². The molecule has 1 amide bonds. The molecule has 1 aromatic carbocycles. The second-order valence-corrected chi connectivity index (χ2v) is 8.22. The number of Topliss-reactive ketones (excluding diaryl/α,β-unsaturated/α-hetero) is 2. The monoisotopic (exact) mass is 419 g/mol. The number of hydrogen-bond donors (Lipinski definition) is 1. The van der Waals surface area contributed by atoms with E-state index < -0.39 is 17.7 Å². The van der Waals surface area contributed by atoms with Crippen molar-refractivity contribution < 1.29 is 28.7 Å². The van der Waals surface area contributed by atoms with Crippen molar-refractivity contribution in [2.24, 2.45) is 0 Å². The number of carbonyl (C=O) groups is 4. The van der Waals surface area contributed by atoms with E-state index in [0.717, 1.165) is 32.1 Å². The Morgan fingerprint density at radius 2 is 1.43 bits per heavy atom. The summed E-state index contributed by atoms with van der Waals surface area (Å²) in [6, 6.07) is 4.44. The smallest absolute Gasteiger partial charge is 0.407 e. The first-order chi connectivity index (χ1) is 14.0. The van der Waals surface area contributed by atoms with Crippen LogP contribution in [0, 0.1) is 0 Å². The second kappa shape index (κ2) is 12.1. The van der Waals surface area contributed by atoms with Gasteiger partial charge in [0.15, 0.2) is 11.6 Å². The maximum absolute atomic E-state index is 12.5. The first-order valence-corrected chi connectivity index (χ1v) is 10.3. The number of methoxy groups -OCH3 is 1. The van der Waals surface area contributed by atoms with Crippen LogP contribution in [0.4, 0.5) is 4.79 Å². The average Bonchev–Trinajstić information content (AvgIpc) is 2.67. The number of benzene rings is 1. The molecule has 7 nitrogen and oxygen atoms in total. The van der Waals surface area contributed by atoms with Crippen LogP contribution in [0.15, 0.2) is 18.2 Å². The fourth-order valence-corrected chi connectivity index (χ4v) is 2.82. The summed E-state index contributed by atoms with van der Waals surface area (Å²) in [5.41, 5.74) is 0.368. The quantitative estimate of drug-likeness (QED) is 0.316. The van der Waals surface area contributed by atoms with Crippen molar-refractivity contribution in [2.75, 3.05) is 13.7 Å². The van der Waals surface area contributed by atoms with Gasteiger partial charge in [-0.05, 0) is 58.7 Å². The Balaban J connectivity index is 2.37. The van der Waals surface area contributed by atoms with E-state index in [1.54, 1.807) is 0 Å². The van der Waals surface area contributed by atoms with Crippen molar-refractivity contribution in [1.82, 2.24) is 5.32 Å². The lowest BCUT2D eigenvalue weighted by molar-refractivity contribution is 0.0525. The van der Waals surface area contributed by atoms with Gasteiger partial charge in [-0.1, -0.05) is 19.3 Å². The maximum atomic E-state index is 12.5. The van der Waals surface area contributed by atoms with E-state index in [1.807, 2.05) is 20.8 Å². The van der Waals surface area contributed by atoms with Gasteiger partial charge in [0.2, 0.25) is 0 Å². The number of unbranched alkanes of at least 4 members (excludes halogenated alkanes) is 4. The fourth-order valence-electron chi connectivity index (χ4n) is 2.82. The van der Waals surface area contributed by atoms with Gasteiger partial charge in [-0.3, -0.25) is 9.59 Å². The van der Waals surface area contributed by atoms with Crippen molar-refractivity contribution in [1.29, 1.82) is 0 Å². The Morgan fingerprint density at radius 3 is 2.03 bits per heavy atom. The normalized spacial score (nSPS) is 11.0. The topological polar surface area (TPSA) is 98.8 Å². The lowest BCUT2D eigenvalue weighted by Crippen LogP contribution is -2.32. The summed E-state index contributed by atoms with van der Waals surface area (Å²) in [4.78, 5) is 47.5. The van der Waals surface area contributed by atoms with Crippen LogP contribution < -0.4 is 5.32 Å². The van der Waals surface area contributed by atoms with Gasteiger partial charge in [-0.2, -0.15) is 0 Å². The van der Waals surface area contributed by atoms with Crippen LogP contribution in [0.1, 0.15) is 97.3 Å². The minimum Gasteiger partial charge on any atom is -0.465 e. The van der Waals surface area contributed by atoms with Crippen LogP contribution in [-0.4, -0.2) is 42.9 Å². The Labute approximate surface area is 178 Å². The molecule has 0 aliphatic carbocycles. The summed E-state index contributed by atoms with van der Waals surface area (Å²) in [6.07, 6.45) is 4.27. The lowest BCUT2D eigenvalue weighted by atomic mass is 9.98. The highest BCUT2D eigenvalue weighted by molar-refractivity contribution is 6.04. The SMILES string of the molecule is COC(=O)c1cc(C(C)=O)cc(C(=O)CCCCCCCNC(=O)OC(C)(C)C)c1. The van der Waals surface area contributed by atoms with E-state index in [-0.39, 0.29) is 17.1 Å². The number of alkyl carbamates (subject to hydrolysis) is 1. The molecule has 1 rings (SSSR count). The Hall–Kier alpha value is -2.70. The molecular formula is C23H33NO6. The third-order valence-corrected chi connectivity index (χ3v) is 4.33. The van der Waals surface area contributed by atoms with E-state index in [9.17, 15) is 19.2 Å². The predicted octanol–water partition coefficient (Wildman–Crippen LogP) is 4.72. The third-order valence-electron chi connectivity index (χ3n) is 4.33. The first kappa shape index (κ1) is 25.3. The summed E-state index contributed by atoms with van der Waals surface area (Å²) < 4.78 is 9.86. The molecule has 0 fully saturated rings. The minimum absolute atomic E-state index is 0.102. The molecule has 0 saturated heterocycles. The Kier molecular flexibility index (Phi) is 10.2. The molecule has 0 radical (unpaired) electrons. The third kappa shape index (κ3) is 9.67. The Morgan fingerprint density at radius 1 is 0.867 bits per heavy atom. The summed E-state index contributed by atoms with van der Waals surface area (Å²) in [7, 11) is 1.26. The molecule has 0 aromatic heterocycles. The van der Waals surface area contributed by atoms with E-state index >= 15 is 0 Å². The van der Waals surface area contributed by atoms with Crippen LogP contribution in [0.3, 0.4) is 0 Å². The highest BCUT2D eigenvalue weighted by atomic mass is 16.6. The van der Waals surface area contributed by atoms with E-state index in [1.165, 1.54) is 32.2 Å². The summed E-state index contributed by atoms with van der Waals surface area (Å²) in [6.45, 7) is 7.41. The number of ether oxygens (including phenoxy) is 2. The molecule has 0 aliphatic rings. The highest BCUT2D eigenvalue weighted by Gasteiger charge is 2.16. The second-order valence-electron chi connectivity index (χ2n) is 8.22. The van der Waals surface area contributed by atoms with Gasteiger partial charge in [-0.25, -0.2) is 9.59 Å². The molecule has 166 valence electrons. The molecule has 7 heteroatoms. The van der Waals surface area contributed by atoms with Crippen molar-refractivity contribution in [3.8, 4) is 0 Å². The van der Waals surface area contributed by atoms with Gasteiger partial charge in [0.25, 0.3) is 0 Å². The number of hydrogen-bond acceptors (Lipinski definition) is 6. The molecule has 0 saturated carbocycles. The number of nitrogens with one attached hydrogen (secondary N) is 1. The summed E-state index contributed by atoms with van der Waals surface area (Å²) >= 11 is 0. The number of amides is 1. The molecule has 0 unspecified atom stereocenters. The zero-order valence-electron chi connectivity index (χ0n) is 18.6. The largest absolute Gasteiger partial charge is 0.465 e. The summed E-state index contributed by atoms with van der Waals surface area (Å²) in [5.74, 6) is -0.892. The van der Waals surface area contributed by atoms with Crippen LogP contribution in [-0.2, 0) is 9.47 Å². The Bertz CT molecular complexity index is 763. The molecule has 30 heavy (non-hydrogen) atoms. The van der Waals surface area contributed by atoms with Gasteiger partial charge in [0.1, 0.15) is 5.60 Å². The molecule has 0 aliphatic heterocycles. The standard InChI is InChI=1S/C23H33NO6/c1-16(25)17-13-18(15-19(14-17)21(27)29-5)20(26)11-9-7-6-8-10-12-24-22(28)30-23(2,3)4/h13-15H,6-12H2,1-5H3,(H,24,28). The van der Waals surface area contributed by atoms with Gasteiger partial charge in [0, 0.05) is 24.1 Å². The lowest BCUT2D eigenvalue weighted by Gasteiger charge is -2.19. The van der Waals surface area contributed by atoms with Crippen LogP contribution in [0.2, 0.25) is 0 Å². The van der Waals surface area contributed by atoms with Gasteiger partial charge >= 0.3 is 12.1 Å². The molecule has 0 bridgehead atoms. The predicted molar refractivity (Wildman–Crippen MR) is 114 cm³/mol. The van der Waals surface area contributed by atoms with Gasteiger partial charge < -0.3 is 14.8 Å². The first-order valence-electron chi connectivity index (χ1n) is 10.3. The molecular weight excluding hydrogens is 386 g/mol. The molecule has 0 heterocycles. The van der Waals surface area contributed by atoms with Crippen molar-refractivity contribution in [3.63, 3.8) is 0 Å². The van der Waals surface area contributed by atoms with Crippen molar-refractivity contribution >= 4 is 23.6 Å². The average molecular weight is 420 g/mol. The van der Waals surface area contributed by atoms with Crippen LogP contribution >= 0.6 is 0 Å². The van der Waals surface area contributed by atoms with Gasteiger partial charge in [-0.15, -0.1) is 0 Å². The molecule has 0 atom stereocenters. The zero-order chi connectivity index (χ0) is 22.7. The van der Waals surface area contributed by atoms with Crippen LogP contribution in [0.25, 0.3) is 0 Å². The van der Waals surface area contributed by atoms with Crippen LogP contribution in [0.5, 0.6) is 0 Å². The number of rotatable bonds is 11. The molecule has 1 N–H and O–H groups in total. The maximum Gasteiger partial charge on any atom is 0.407 e. The van der Waals surface area contributed by atoms with Crippen molar-refractivity contribution in [2.45, 2.75) is 71.8 Å². The van der Waals surface area contributed by atoms with Gasteiger partial charge in [0.05, 0.1) is 12.7 Å². The zero-order valence-corrected chi connectivity index (χ0v) is 18.6. The van der Waals surface area contributed by atoms with E-state index in [0.29, 0.717) is 24.1 Å². The summed E-state index contributed by atoms with van der Waals surface area (Å²) in [5, 5.41) is 2.72. The fraction of sp³-hybridized carbons (Fsp3) is 0.565. The number of ketones is 2. The number of carbonyl (C=O) groups excluding carboxylic acids is 4. The van der Waals surface area contributed by atoms with E-state index in [4.69, 9.17) is 9.47 Å². The molecule has 0 spiro atoms.